The molecule has 122 valence electrons. The number of ether oxygens (including phenoxy) is 1. The summed E-state index contributed by atoms with van der Waals surface area (Å²) < 4.78 is 16.6. The number of aliphatic carboxylic acids is 1. The van der Waals surface area contributed by atoms with Gasteiger partial charge in [-0.3, -0.25) is 4.79 Å². The van der Waals surface area contributed by atoms with Gasteiger partial charge in [-0.25, -0.2) is 14.5 Å². The van der Waals surface area contributed by atoms with Crippen molar-refractivity contribution in [2.24, 2.45) is 11.5 Å². The summed E-state index contributed by atoms with van der Waals surface area (Å²) in [7, 11) is 1.37. The molecular formula is C12H16FN3O6. The van der Waals surface area contributed by atoms with E-state index in [1.165, 1.54) is 32.2 Å². The summed E-state index contributed by atoms with van der Waals surface area (Å²) >= 11 is 0. The molecule has 1 atom stereocenters. The molecule has 0 heterocycles. The number of urea groups is 1. The first kappa shape index (κ1) is 19.1. The maximum atomic E-state index is 11.7. The molecule has 22 heavy (non-hydrogen) atoms. The minimum atomic E-state index is -1.17. The van der Waals surface area contributed by atoms with Gasteiger partial charge in [0, 0.05) is 4.53 Å². The van der Waals surface area contributed by atoms with Gasteiger partial charge >= 0.3 is 18.0 Å². The highest BCUT2D eigenvalue weighted by Crippen LogP contribution is 2.25. The number of rotatable bonds is 4. The van der Waals surface area contributed by atoms with Gasteiger partial charge in [-0.05, 0) is 25.1 Å². The molecule has 0 radical (unpaired) electrons. The Balaban J connectivity index is 0.000000626. The Morgan fingerprint density at radius 1 is 1.36 bits per heavy atom. The van der Waals surface area contributed by atoms with Crippen molar-refractivity contribution < 1.29 is 33.7 Å². The lowest BCUT2D eigenvalue weighted by Crippen LogP contribution is -2.25. The van der Waals surface area contributed by atoms with Crippen molar-refractivity contribution in [3.05, 3.63) is 23.8 Å². The third-order valence-corrected chi connectivity index (χ3v) is 2.15. The minimum absolute atomic E-state index is 0.0768. The molecule has 0 aliphatic rings. The average Bonchev–Trinajstić information content (AvgIpc) is 2.46. The molecule has 9 nitrogen and oxygen atoms in total. The van der Waals surface area contributed by atoms with Crippen LogP contribution in [0.3, 0.4) is 0 Å². The van der Waals surface area contributed by atoms with Gasteiger partial charge in [0.25, 0.3) is 0 Å². The Bertz CT molecular complexity index is 550. The second-order valence-electron chi connectivity index (χ2n) is 3.90. The fourth-order valence-electron chi connectivity index (χ4n) is 1.11. The molecular weight excluding hydrogens is 301 g/mol. The second-order valence-corrected chi connectivity index (χ2v) is 3.90. The fourth-order valence-corrected chi connectivity index (χ4v) is 1.11. The number of carboxylic acid groups (broad SMARTS) is 1. The van der Waals surface area contributed by atoms with Crippen molar-refractivity contribution in [3.8, 4) is 5.75 Å². The van der Waals surface area contributed by atoms with Crippen LogP contribution < -0.4 is 21.5 Å². The summed E-state index contributed by atoms with van der Waals surface area (Å²) in [5.74, 6) is -1.85. The van der Waals surface area contributed by atoms with E-state index >= 15 is 0 Å². The summed E-state index contributed by atoms with van der Waals surface area (Å²) in [5, 5.41) is 10.1. The van der Waals surface area contributed by atoms with E-state index in [0.29, 0.717) is 0 Å². The van der Waals surface area contributed by atoms with Gasteiger partial charge in [0.2, 0.25) is 0 Å². The number of hydrogen-bond donors (Lipinski definition) is 4. The van der Waals surface area contributed by atoms with Crippen molar-refractivity contribution in [3.63, 3.8) is 0 Å². The molecule has 0 spiro atoms. The number of hydrogen-bond acceptors (Lipinski definition) is 6. The van der Waals surface area contributed by atoms with Crippen molar-refractivity contribution in [2.45, 2.75) is 13.0 Å². The number of carbonyl (C=O) groups is 3. The molecule has 0 saturated carbocycles. The first-order chi connectivity index (χ1) is 10.2. The van der Waals surface area contributed by atoms with Crippen molar-refractivity contribution in [2.75, 3.05) is 12.4 Å². The number of nitrogens with two attached hydrogens (primary N) is 2. The largest absolute Gasteiger partial charge is 0.495 e. The highest BCUT2D eigenvalue weighted by molar-refractivity contribution is 5.94. The highest BCUT2D eigenvalue weighted by atomic mass is 19.3. The Hall–Kier alpha value is -2.88. The van der Waals surface area contributed by atoms with E-state index in [1.54, 1.807) is 0 Å². The van der Waals surface area contributed by atoms with Crippen LogP contribution in [0.2, 0.25) is 0 Å². The lowest BCUT2D eigenvalue weighted by atomic mass is 10.2. The summed E-state index contributed by atoms with van der Waals surface area (Å²) in [5.41, 5.74) is 9.82. The molecule has 10 heteroatoms. The van der Waals surface area contributed by atoms with Gasteiger partial charge in [-0.15, -0.1) is 0 Å². The van der Waals surface area contributed by atoms with Gasteiger partial charge in [-0.1, -0.05) is 0 Å². The zero-order valence-corrected chi connectivity index (χ0v) is 11.8. The molecule has 0 fully saturated rings. The maximum Gasteiger partial charge on any atom is 0.379 e. The SMILES string of the molecule is COc1ccc(C(=O)OF)cc1NC(N)=O.C[C@H](N)C(=O)O. The summed E-state index contributed by atoms with van der Waals surface area (Å²) in [6.07, 6.45) is 0. The van der Waals surface area contributed by atoms with E-state index in [0.717, 1.165) is 0 Å². The first-order valence-electron chi connectivity index (χ1n) is 5.78. The Morgan fingerprint density at radius 2 is 1.91 bits per heavy atom. The Labute approximate surface area is 124 Å². The lowest BCUT2D eigenvalue weighted by Gasteiger charge is -2.09. The minimum Gasteiger partial charge on any atom is -0.495 e. The first-order valence-corrected chi connectivity index (χ1v) is 5.78. The number of anilines is 1. The van der Waals surface area contributed by atoms with E-state index in [-0.39, 0.29) is 17.0 Å². The smallest absolute Gasteiger partial charge is 0.379 e. The summed E-state index contributed by atoms with van der Waals surface area (Å²) in [4.78, 5) is 34.1. The zero-order chi connectivity index (χ0) is 17.3. The lowest BCUT2D eigenvalue weighted by molar-refractivity contribution is -0.138. The number of carbonyl (C=O) groups excluding carboxylic acids is 2. The predicted octanol–water partition coefficient (Wildman–Crippen LogP) is 0.645. The molecule has 2 amide bonds. The molecule has 0 aliphatic heterocycles. The van der Waals surface area contributed by atoms with Crippen LogP contribution in [0.5, 0.6) is 5.75 Å². The zero-order valence-electron chi connectivity index (χ0n) is 11.8. The van der Waals surface area contributed by atoms with Crippen LogP contribution in [0.4, 0.5) is 15.0 Å². The third-order valence-electron chi connectivity index (χ3n) is 2.15. The number of halogens is 1. The van der Waals surface area contributed by atoms with Crippen LogP contribution in [-0.2, 0) is 9.74 Å². The number of methoxy groups -OCH3 is 1. The molecule has 1 aromatic rings. The van der Waals surface area contributed by atoms with Gasteiger partial charge in [0.15, 0.2) is 0 Å². The molecule has 0 aliphatic carbocycles. The highest BCUT2D eigenvalue weighted by Gasteiger charge is 2.12. The van der Waals surface area contributed by atoms with Crippen LogP contribution in [-0.4, -0.2) is 36.2 Å². The van der Waals surface area contributed by atoms with Gasteiger partial charge in [-0.2, -0.15) is 0 Å². The molecule has 0 saturated heterocycles. The summed E-state index contributed by atoms with van der Waals surface area (Å²) in [6, 6.07) is 2.28. The van der Waals surface area contributed by atoms with E-state index < -0.39 is 24.0 Å². The average molecular weight is 317 g/mol. The molecule has 1 aromatic carbocycles. The molecule has 6 N–H and O–H groups in total. The number of amides is 2. The molecule has 0 aromatic heterocycles. The van der Waals surface area contributed by atoms with Crippen LogP contribution in [0.1, 0.15) is 17.3 Å². The number of benzene rings is 1. The van der Waals surface area contributed by atoms with E-state index in [2.05, 4.69) is 10.3 Å². The van der Waals surface area contributed by atoms with Gasteiger partial charge in [0.1, 0.15) is 11.8 Å². The second kappa shape index (κ2) is 9.13. The third kappa shape index (κ3) is 6.52. The van der Waals surface area contributed by atoms with Crippen LogP contribution in [0, 0.1) is 0 Å². The molecule has 1 rings (SSSR count). The molecule has 0 unspecified atom stereocenters. The summed E-state index contributed by atoms with van der Waals surface area (Å²) in [6.45, 7) is 1.42. The Kier molecular flexibility index (Phi) is 7.93. The van der Waals surface area contributed by atoms with Crippen LogP contribution in [0.25, 0.3) is 0 Å². The van der Waals surface area contributed by atoms with Crippen molar-refractivity contribution in [1.82, 2.24) is 0 Å². The predicted molar refractivity (Wildman–Crippen MR) is 74.0 cm³/mol. The van der Waals surface area contributed by atoms with Crippen LogP contribution in [0.15, 0.2) is 18.2 Å². The Morgan fingerprint density at radius 3 is 2.27 bits per heavy atom. The monoisotopic (exact) mass is 317 g/mol. The molecule has 0 bridgehead atoms. The fraction of sp³-hybridized carbons (Fsp3) is 0.250. The number of primary amides is 1. The van der Waals surface area contributed by atoms with E-state index in [4.69, 9.17) is 21.3 Å². The van der Waals surface area contributed by atoms with E-state index in [1.807, 2.05) is 0 Å². The number of nitrogens with one attached hydrogen (secondary N) is 1. The topological polar surface area (TPSA) is 154 Å². The maximum absolute atomic E-state index is 11.7. The quantitative estimate of drug-likeness (QED) is 0.635. The van der Waals surface area contributed by atoms with Crippen molar-refractivity contribution >= 4 is 23.7 Å². The van der Waals surface area contributed by atoms with Gasteiger partial charge < -0.3 is 26.6 Å². The van der Waals surface area contributed by atoms with Crippen molar-refractivity contribution in [1.29, 1.82) is 0 Å². The van der Waals surface area contributed by atoms with Crippen LogP contribution >= 0.6 is 0 Å². The van der Waals surface area contributed by atoms with Gasteiger partial charge in [0.05, 0.1) is 18.4 Å². The van der Waals surface area contributed by atoms with E-state index in [9.17, 15) is 18.9 Å². The standard InChI is InChI=1S/C9H9FN2O4.C3H7NO2/c1-15-7-3-2-5(8(13)16-10)4-6(7)12-9(11)14;1-2(4)3(5)6/h2-4H,1H3,(H3,11,12,14);2H,4H2,1H3,(H,5,6)/t;2-/m.0/s1. The normalized spacial score (nSPS) is 10.5. The number of carboxylic acids is 1.